The van der Waals surface area contributed by atoms with Gasteiger partial charge >= 0.3 is 5.97 Å². The zero-order chi connectivity index (χ0) is 13.5. The largest absolute Gasteiger partial charge is 0.481 e. The van der Waals surface area contributed by atoms with Gasteiger partial charge in [-0.3, -0.25) is 9.59 Å². The van der Waals surface area contributed by atoms with Crippen LogP contribution in [0.5, 0.6) is 5.88 Å². The summed E-state index contributed by atoms with van der Waals surface area (Å²) in [6.45, 7) is 3.70. The summed E-state index contributed by atoms with van der Waals surface area (Å²) in [5.74, 6) is -1.05. The number of ether oxygens (including phenoxy) is 1. The second-order valence-electron chi connectivity index (χ2n) is 3.96. The van der Waals surface area contributed by atoms with E-state index in [0.717, 1.165) is 0 Å². The van der Waals surface area contributed by atoms with Crippen molar-refractivity contribution in [1.29, 1.82) is 0 Å². The van der Waals surface area contributed by atoms with Crippen LogP contribution in [0, 0.1) is 0 Å². The van der Waals surface area contributed by atoms with Crippen molar-refractivity contribution in [3.8, 4) is 5.88 Å². The smallest absolute Gasteiger partial charge is 0.303 e. The number of carboxylic acids is 1. The molecule has 0 radical (unpaired) electrons. The average molecular weight is 252 g/mol. The number of nitrogens with one attached hydrogen (secondary N) is 1. The SMILES string of the molecule is CC(C)Oc1ncccc1NC(=O)CCC(=O)O. The Bertz CT molecular complexity index is 432. The molecule has 0 unspecified atom stereocenters. The van der Waals surface area contributed by atoms with Gasteiger partial charge in [-0.15, -0.1) is 0 Å². The Balaban J connectivity index is 2.65. The van der Waals surface area contributed by atoms with Crippen molar-refractivity contribution in [2.75, 3.05) is 5.32 Å². The lowest BCUT2D eigenvalue weighted by molar-refractivity contribution is -0.138. The number of aromatic nitrogens is 1. The molecule has 0 aromatic carbocycles. The van der Waals surface area contributed by atoms with Crippen LogP contribution in [-0.2, 0) is 9.59 Å². The normalized spacial score (nSPS) is 10.2. The number of carbonyl (C=O) groups is 2. The third kappa shape index (κ3) is 4.82. The minimum absolute atomic E-state index is 0.0606. The van der Waals surface area contributed by atoms with Crippen molar-refractivity contribution in [2.24, 2.45) is 0 Å². The Morgan fingerprint density at radius 1 is 1.44 bits per heavy atom. The van der Waals surface area contributed by atoms with E-state index >= 15 is 0 Å². The fraction of sp³-hybridized carbons (Fsp3) is 0.417. The van der Waals surface area contributed by atoms with Crippen LogP contribution in [0.4, 0.5) is 5.69 Å². The number of aliphatic carboxylic acids is 1. The quantitative estimate of drug-likeness (QED) is 0.804. The molecule has 1 amide bonds. The number of anilines is 1. The molecule has 1 aromatic rings. The molecule has 1 heterocycles. The number of hydrogen-bond donors (Lipinski definition) is 2. The van der Waals surface area contributed by atoms with E-state index in [9.17, 15) is 9.59 Å². The monoisotopic (exact) mass is 252 g/mol. The molecule has 0 saturated heterocycles. The molecule has 98 valence electrons. The number of carboxylic acid groups (broad SMARTS) is 1. The average Bonchev–Trinajstić information content (AvgIpc) is 2.28. The number of pyridine rings is 1. The van der Waals surface area contributed by atoms with E-state index in [-0.39, 0.29) is 24.9 Å². The van der Waals surface area contributed by atoms with Crippen molar-refractivity contribution in [1.82, 2.24) is 4.98 Å². The molecule has 0 aliphatic carbocycles. The molecule has 0 aliphatic rings. The maximum Gasteiger partial charge on any atom is 0.303 e. The Labute approximate surface area is 105 Å². The highest BCUT2D eigenvalue weighted by Gasteiger charge is 2.11. The van der Waals surface area contributed by atoms with Crippen LogP contribution in [0.15, 0.2) is 18.3 Å². The van der Waals surface area contributed by atoms with Gasteiger partial charge in [0, 0.05) is 12.6 Å². The lowest BCUT2D eigenvalue weighted by Crippen LogP contribution is -2.15. The maximum atomic E-state index is 11.5. The summed E-state index contributed by atoms with van der Waals surface area (Å²) in [4.78, 5) is 25.9. The Kier molecular flexibility index (Phi) is 5.10. The van der Waals surface area contributed by atoms with Crippen molar-refractivity contribution in [2.45, 2.75) is 32.8 Å². The van der Waals surface area contributed by atoms with Gasteiger partial charge in [0.2, 0.25) is 11.8 Å². The zero-order valence-corrected chi connectivity index (χ0v) is 10.3. The molecule has 2 N–H and O–H groups in total. The van der Waals surface area contributed by atoms with Gasteiger partial charge in [-0.2, -0.15) is 0 Å². The molecule has 0 fully saturated rings. The van der Waals surface area contributed by atoms with E-state index in [1.54, 1.807) is 18.3 Å². The van der Waals surface area contributed by atoms with Crippen LogP contribution in [0.25, 0.3) is 0 Å². The standard InChI is InChI=1S/C12H16N2O4/c1-8(2)18-12-9(4-3-7-13-12)14-10(15)5-6-11(16)17/h3-4,7-8H,5-6H2,1-2H3,(H,14,15)(H,16,17). The first-order valence-corrected chi connectivity index (χ1v) is 5.62. The van der Waals surface area contributed by atoms with Crippen LogP contribution < -0.4 is 10.1 Å². The summed E-state index contributed by atoms with van der Waals surface area (Å²) in [5.41, 5.74) is 0.446. The van der Waals surface area contributed by atoms with E-state index in [0.29, 0.717) is 11.6 Å². The highest BCUT2D eigenvalue weighted by molar-refractivity contribution is 5.93. The number of hydrogen-bond acceptors (Lipinski definition) is 4. The third-order valence-electron chi connectivity index (χ3n) is 1.96. The molecule has 0 atom stereocenters. The molecule has 0 saturated carbocycles. The van der Waals surface area contributed by atoms with Crippen molar-refractivity contribution >= 4 is 17.6 Å². The molecule has 1 rings (SSSR count). The van der Waals surface area contributed by atoms with Gasteiger partial charge < -0.3 is 15.2 Å². The number of amides is 1. The summed E-state index contributed by atoms with van der Waals surface area (Å²) in [6, 6.07) is 3.32. The molecule has 6 heteroatoms. The molecule has 0 aliphatic heterocycles. The van der Waals surface area contributed by atoms with Gasteiger partial charge in [0.15, 0.2) is 0 Å². The number of nitrogens with zero attached hydrogens (tertiary/aromatic N) is 1. The van der Waals surface area contributed by atoms with E-state index in [1.807, 2.05) is 13.8 Å². The van der Waals surface area contributed by atoms with Gasteiger partial charge in [-0.05, 0) is 26.0 Å². The van der Waals surface area contributed by atoms with Crippen molar-refractivity contribution < 1.29 is 19.4 Å². The first kappa shape index (κ1) is 14.0. The fourth-order valence-corrected chi connectivity index (χ4v) is 1.24. The highest BCUT2D eigenvalue weighted by Crippen LogP contribution is 2.21. The molecule has 1 aromatic heterocycles. The predicted molar refractivity (Wildman–Crippen MR) is 65.5 cm³/mol. The number of rotatable bonds is 6. The van der Waals surface area contributed by atoms with E-state index in [2.05, 4.69) is 10.3 Å². The number of carbonyl (C=O) groups excluding carboxylic acids is 1. The summed E-state index contributed by atoms with van der Waals surface area (Å²) in [6.07, 6.45) is 1.22. The summed E-state index contributed by atoms with van der Waals surface area (Å²) < 4.78 is 5.43. The summed E-state index contributed by atoms with van der Waals surface area (Å²) >= 11 is 0. The Hall–Kier alpha value is -2.11. The lowest BCUT2D eigenvalue weighted by Gasteiger charge is -2.13. The van der Waals surface area contributed by atoms with Crippen LogP contribution in [-0.4, -0.2) is 28.1 Å². The molecular weight excluding hydrogens is 236 g/mol. The summed E-state index contributed by atoms with van der Waals surface area (Å²) in [5, 5.41) is 11.1. The second-order valence-corrected chi connectivity index (χ2v) is 3.96. The van der Waals surface area contributed by atoms with Crippen molar-refractivity contribution in [3.05, 3.63) is 18.3 Å². The topological polar surface area (TPSA) is 88.5 Å². The molecule has 0 spiro atoms. The van der Waals surface area contributed by atoms with Gasteiger partial charge in [0.25, 0.3) is 0 Å². The van der Waals surface area contributed by atoms with Crippen LogP contribution in [0.3, 0.4) is 0 Å². The highest BCUT2D eigenvalue weighted by atomic mass is 16.5. The van der Waals surface area contributed by atoms with Gasteiger partial charge in [0.1, 0.15) is 5.69 Å². The van der Waals surface area contributed by atoms with E-state index < -0.39 is 5.97 Å². The van der Waals surface area contributed by atoms with Gasteiger partial charge in [0.05, 0.1) is 12.5 Å². The first-order chi connectivity index (χ1) is 8.49. The first-order valence-electron chi connectivity index (χ1n) is 5.62. The third-order valence-corrected chi connectivity index (χ3v) is 1.96. The van der Waals surface area contributed by atoms with Gasteiger partial charge in [-0.25, -0.2) is 4.98 Å². The molecule has 6 nitrogen and oxygen atoms in total. The Morgan fingerprint density at radius 3 is 2.78 bits per heavy atom. The molecule has 0 bridgehead atoms. The summed E-state index contributed by atoms with van der Waals surface area (Å²) in [7, 11) is 0. The second kappa shape index (κ2) is 6.58. The fourth-order valence-electron chi connectivity index (χ4n) is 1.24. The van der Waals surface area contributed by atoms with Crippen LogP contribution in [0.1, 0.15) is 26.7 Å². The van der Waals surface area contributed by atoms with Crippen molar-refractivity contribution in [3.63, 3.8) is 0 Å². The zero-order valence-electron chi connectivity index (χ0n) is 10.3. The van der Waals surface area contributed by atoms with E-state index in [1.165, 1.54) is 0 Å². The van der Waals surface area contributed by atoms with Gasteiger partial charge in [-0.1, -0.05) is 0 Å². The van der Waals surface area contributed by atoms with Crippen LogP contribution >= 0.6 is 0 Å². The van der Waals surface area contributed by atoms with E-state index in [4.69, 9.17) is 9.84 Å². The predicted octanol–water partition coefficient (Wildman–Crippen LogP) is 1.67. The minimum atomic E-state index is -1.00. The lowest BCUT2D eigenvalue weighted by atomic mass is 10.3. The molecule has 18 heavy (non-hydrogen) atoms. The van der Waals surface area contributed by atoms with Crippen LogP contribution in [0.2, 0.25) is 0 Å². The Morgan fingerprint density at radius 2 is 2.17 bits per heavy atom. The maximum absolute atomic E-state index is 11.5. The molecular formula is C12H16N2O4. The minimum Gasteiger partial charge on any atom is -0.481 e.